The molecule has 7 nitrogen and oxygen atoms in total. The lowest BCUT2D eigenvalue weighted by atomic mass is 9.88. The van der Waals surface area contributed by atoms with Crippen LogP contribution in [0.1, 0.15) is 30.7 Å². The van der Waals surface area contributed by atoms with Crippen LogP contribution in [0, 0.1) is 6.92 Å². The molecule has 1 spiro atoms. The minimum atomic E-state index is -0.0859. The van der Waals surface area contributed by atoms with E-state index in [2.05, 4.69) is 21.4 Å². The number of hydrogen-bond donors (Lipinski definition) is 1. The highest BCUT2D eigenvalue weighted by Crippen LogP contribution is 2.37. The maximum absolute atomic E-state index is 11.3. The van der Waals surface area contributed by atoms with Crippen molar-refractivity contribution >= 4 is 5.91 Å². The van der Waals surface area contributed by atoms with Crippen molar-refractivity contribution in [1.29, 1.82) is 0 Å². The molecule has 2 aliphatic rings. The van der Waals surface area contributed by atoms with E-state index in [1.54, 1.807) is 7.05 Å². The summed E-state index contributed by atoms with van der Waals surface area (Å²) < 4.78 is 13.7. The number of aromatic nitrogens is 2. The lowest BCUT2D eigenvalue weighted by molar-refractivity contribution is -0.127. The fourth-order valence-electron chi connectivity index (χ4n) is 3.68. The monoisotopic (exact) mass is 336 g/mol. The van der Waals surface area contributed by atoms with Gasteiger partial charge in [0.25, 0.3) is 0 Å². The van der Waals surface area contributed by atoms with Gasteiger partial charge in [0.05, 0.1) is 29.7 Å². The largest absolute Gasteiger partial charge is 0.372 e. The first-order valence-corrected chi connectivity index (χ1v) is 8.68. The predicted molar refractivity (Wildman–Crippen MR) is 89.6 cm³/mol. The van der Waals surface area contributed by atoms with E-state index in [4.69, 9.17) is 9.47 Å². The fourth-order valence-corrected chi connectivity index (χ4v) is 3.68. The molecule has 1 aromatic rings. The molecule has 2 aliphatic heterocycles. The van der Waals surface area contributed by atoms with Crippen LogP contribution in [0.3, 0.4) is 0 Å². The summed E-state index contributed by atoms with van der Waals surface area (Å²) in [6, 6.07) is 2.15. The molecule has 1 N–H and O–H groups in total. The standard InChI is InChI=1S/C17H28N4O3/c1-13-8-14(20(3)19-13)10-21-6-4-17(5-7-21)9-15(11-24-17)23-12-16(22)18-2/h8,15H,4-7,9-12H2,1-3H3,(H,18,22). The van der Waals surface area contributed by atoms with E-state index in [9.17, 15) is 4.79 Å². The van der Waals surface area contributed by atoms with Gasteiger partial charge in [-0.2, -0.15) is 5.10 Å². The van der Waals surface area contributed by atoms with E-state index in [-0.39, 0.29) is 24.2 Å². The van der Waals surface area contributed by atoms with E-state index >= 15 is 0 Å². The van der Waals surface area contributed by atoms with Crippen LogP contribution in [0.4, 0.5) is 0 Å². The van der Waals surface area contributed by atoms with Crippen LogP contribution < -0.4 is 5.32 Å². The highest BCUT2D eigenvalue weighted by Gasteiger charge is 2.43. The van der Waals surface area contributed by atoms with Gasteiger partial charge in [-0.3, -0.25) is 14.4 Å². The van der Waals surface area contributed by atoms with Crippen molar-refractivity contribution in [3.63, 3.8) is 0 Å². The number of piperidine rings is 1. The smallest absolute Gasteiger partial charge is 0.245 e. The Bertz CT molecular complexity index is 578. The second-order valence-electron chi connectivity index (χ2n) is 6.98. The van der Waals surface area contributed by atoms with Gasteiger partial charge in [-0.25, -0.2) is 0 Å². The molecule has 0 aromatic carbocycles. The first-order valence-electron chi connectivity index (χ1n) is 8.68. The van der Waals surface area contributed by atoms with Crippen LogP contribution in [0.15, 0.2) is 6.07 Å². The molecule has 0 radical (unpaired) electrons. The Morgan fingerprint density at radius 3 is 2.88 bits per heavy atom. The Morgan fingerprint density at radius 2 is 2.25 bits per heavy atom. The van der Waals surface area contributed by atoms with Gasteiger partial charge >= 0.3 is 0 Å². The van der Waals surface area contributed by atoms with E-state index in [0.717, 1.165) is 44.6 Å². The predicted octanol–water partition coefficient (Wildman–Crippen LogP) is 0.615. The van der Waals surface area contributed by atoms with Gasteiger partial charge in [-0.05, 0) is 25.8 Å². The Hall–Kier alpha value is -1.44. The van der Waals surface area contributed by atoms with Crippen molar-refractivity contribution in [2.24, 2.45) is 7.05 Å². The Labute approximate surface area is 143 Å². The van der Waals surface area contributed by atoms with E-state index in [0.29, 0.717) is 6.61 Å². The zero-order chi connectivity index (χ0) is 17.2. The number of likely N-dealkylation sites (tertiary alicyclic amines) is 1. The minimum absolute atomic E-state index is 0.0357. The number of nitrogens with one attached hydrogen (secondary N) is 1. The zero-order valence-corrected chi connectivity index (χ0v) is 14.9. The molecule has 2 saturated heterocycles. The minimum Gasteiger partial charge on any atom is -0.372 e. The third-order valence-corrected chi connectivity index (χ3v) is 5.16. The van der Waals surface area contributed by atoms with Crippen LogP contribution in [-0.4, -0.2) is 65.6 Å². The van der Waals surface area contributed by atoms with Crippen molar-refractivity contribution < 1.29 is 14.3 Å². The van der Waals surface area contributed by atoms with E-state index < -0.39 is 0 Å². The molecular formula is C17H28N4O3. The Kier molecular flexibility index (Phi) is 5.22. The molecule has 3 rings (SSSR count). The van der Waals surface area contributed by atoms with Gasteiger partial charge < -0.3 is 14.8 Å². The maximum atomic E-state index is 11.3. The Balaban J connectivity index is 1.46. The number of carbonyl (C=O) groups excluding carboxylic acids is 1. The average molecular weight is 336 g/mol. The first-order chi connectivity index (χ1) is 11.5. The topological polar surface area (TPSA) is 68.6 Å². The second kappa shape index (κ2) is 7.21. The Morgan fingerprint density at radius 1 is 1.50 bits per heavy atom. The van der Waals surface area contributed by atoms with Crippen molar-refractivity contribution in [3.8, 4) is 0 Å². The fraction of sp³-hybridized carbons (Fsp3) is 0.765. The highest BCUT2D eigenvalue weighted by molar-refractivity contribution is 5.76. The lowest BCUT2D eigenvalue weighted by Gasteiger charge is -2.38. The summed E-state index contributed by atoms with van der Waals surface area (Å²) in [5.41, 5.74) is 2.26. The molecule has 7 heteroatoms. The van der Waals surface area contributed by atoms with Crippen molar-refractivity contribution in [1.82, 2.24) is 20.0 Å². The van der Waals surface area contributed by atoms with Gasteiger partial charge in [0.1, 0.15) is 6.61 Å². The molecule has 1 unspecified atom stereocenters. The third-order valence-electron chi connectivity index (χ3n) is 5.16. The highest BCUT2D eigenvalue weighted by atomic mass is 16.6. The molecule has 0 saturated carbocycles. The van der Waals surface area contributed by atoms with Crippen molar-refractivity contribution in [2.75, 3.05) is 33.4 Å². The molecule has 0 aliphatic carbocycles. The maximum Gasteiger partial charge on any atom is 0.245 e. The van der Waals surface area contributed by atoms with Crippen molar-refractivity contribution in [2.45, 2.75) is 44.4 Å². The van der Waals surface area contributed by atoms with E-state index in [1.807, 2.05) is 18.7 Å². The summed E-state index contributed by atoms with van der Waals surface area (Å²) in [5, 5.41) is 6.99. The van der Waals surface area contributed by atoms with Crippen LogP contribution in [0.5, 0.6) is 0 Å². The molecular weight excluding hydrogens is 308 g/mol. The number of nitrogens with zero attached hydrogens (tertiary/aromatic N) is 3. The molecule has 134 valence electrons. The molecule has 1 amide bonds. The van der Waals surface area contributed by atoms with E-state index in [1.165, 1.54) is 5.69 Å². The summed E-state index contributed by atoms with van der Waals surface area (Å²) in [7, 11) is 3.63. The number of carbonyl (C=O) groups is 1. The molecule has 2 fully saturated rings. The normalized spacial score (nSPS) is 23.7. The summed E-state index contributed by atoms with van der Waals surface area (Å²) in [6.07, 6.45) is 2.96. The summed E-state index contributed by atoms with van der Waals surface area (Å²) in [4.78, 5) is 13.8. The van der Waals surface area contributed by atoms with Gasteiger partial charge in [-0.15, -0.1) is 0 Å². The number of aryl methyl sites for hydroxylation is 2. The number of hydrogen-bond acceptors (Lipinski definition) is 5. The summed E-state index contributed by atoms with van der Waals surface area (Å²) in [6.45, 7) is 5.72. The van der Waals surface area contributed by atoms with Crippen LogP contribution >= 0.6 is 0 Å². The number of likely N-dealkylation sites (N-methyl/N-ethyl adjacent to an activating group) is 1. The molecule has 3 heterocycles. The van der Waals surface area contributed by atoms with Crippen LogP contribution in [0.2, 0.25) is 0 Å². The third kappa shape index (κ3) is 3.96. The number of rotatable bonds is 5. The van der Waals surface area contributed by atoms with Crippen LogP contribution in [0.25, 0.3) is 0 Å². The molecule has 1 aromatic heterocycles. The molecule has 24 heavy (non-hydrogen) atoms. The average Bonchev–Trinajstić information content (AvgIpc) is 3.11. The number of amides is 1. The number of ether oxygens (including phenoxy) is 2. The molecule has 0 bridgehead atoms. The van der Waals surface area contributed by atoms with Crippen molar-refractivity contribution in [3.05, 3.63) is 17.5 Å². The van der Waals surface area contributed by atoms with Gasteiger partial charge in [0, 0.05) is 40.2 Å². The SMILES string of the molecule is CNC(=O)COC1COC2(CCN(Cc3cc(C)nn3C)CC2)C1. The zero-order valence-electron chi connectivity index (χ0n) is 14.9. The quantitative estimate of drug-likeness (QED) is 0.853. The van der Waals surface area contributed by atoms with Gasteiger partial charge in [-0.1, -0.05) is 0 Å². The summed E-state index contributed by atoms with van der Waals surface area (Å²) in [5.74, 6) is -0.0859. The summed E-state index contributed by atoms with van der Waals surface area (Å²) >= 11 is 0. The van der Waals surface area contributed by atoms with Gasteiger partial charge in [0.15, 0.2) is 0 Å². The molecule has 1 atom stereocenters. The second-order valence-corrected chi connectivity index (χ2v) is 6.98. The first kappa shape index (κ1) is 17.4. The lowest BCUT2D eigenvalue weighted by Crippen LogP contribution is -2.44. The van der Waals surface area contributed by atoms with Gasteiger partial charge in [0.2, 0.25) is 5.91 Å². The van der Waals surface area contributed by atoms with Crippen LogP contribution in [-0.2, 0) is 27.9 Å².